The number of rotatable bonds is 6. The summed E-state index contributed by atoms with van der Waals surface area (Å²) in [5.41, 5.74) is 2.46. The fourth-order valence-electron chi connectivity index (χ4n) is 3.27. The molecule has 0 amide bonds. The molecule has 1 aliphatic heterocycles. The highest BCUT2D eigenvalue weighted by molar-refractivity contribution is 7.09. The Balaban J connectivity index is 1.57. The van der Waals surface area contributed by atoms with Gasteiger partial charge in [0.2, 0.25) is 0 Å². The van der Waals surface area contributed by atoms with Crippen molar-refractivity contribution in [1.82, 2.24) is 19.9 Å². The number of methoxy groups -OCH3 is 1. The lowest BCUT2D eigenvalue weighted by atomic mass is 10.0. The van der Waals surface area contributed by atoms with Crippen molar-refractivity contribution < 1.29 is 4.74 Å². The van der Waals surface area contributed by atoms with E-state index in [-0.39, 0.29) is 6.04 Å². The van der Waals surface area contributed by atoms with Crippen molar-refractivity contribution in [1.29, 1.82) is 0 Å². The van der Waals surface area contributed by atoms with E-state index in [1.807, 2.05) is 11.3 Å². The summed E-state index contributed by atoms with van der Waals surface area (Å²) in [6, 6.07) is 4.55. The zero-order valence-electron chi connectivity index (χ0n) is 12.9. The van der Waals surface area contributed by atoms with Crippen molar-refractivity contribution in [3.8, 4) is 0 Å². The monoisotopic (exact) mass is 318 g/mol. The van der Waals surface area contributed by atoms with Crippen LogP contribution >= 0.6 is 11.3 Å². The van der Waals surface area contributed by atoms with Gasteiger partial charge in [-0.25, -0.2) is 4.68 Å². The van der Waals surface area contributed by atoms with Gasteiger partial charge in [0, 0.05) is 38.0 Å². The van der Waals surface area contributed by atoms with Gasteiger partial charge in [-0.1, -0.05) is 11.3 Å². The first-order chi connectivity index (χ1) is 10.8. The van der Waals surface area contributed by atoms with E-state index >= 15 is 0 Å². The molecule has 2 aromatic rings. The van der Waals surface area contributed by atoms with Crippen molar-refractivity contribution in [3.63, 3.8) is 0 Å². The van der Waals surface area contributed by atoms with E-state index in [0.29, 0.717) is 6.61 Å². The van der Waals surface area contributed by atoms with Gasteiger partial charge in [0.25, 0.3) is 0 Å². The third-order valence-corrected chi connectivity index (χ3v) is 5.51. The molecular weight excluding hydrogens is 296 g/mol. The van der Waals surface area contributed by atoms with Crippen LogP contribution in [0.4, 0.5) is 0 Å². The van der Waals surface area contributed by atoms with E-state index in [0.717, 1.165) is 37.7 Å². The van der Waals surface area contributed by atoms with Crippen LogP contribution in [0, 0.1) is 5.92 Å². The first-order valence-corrected chi connectivity index (χ1v) is 8.90. The summed E-state index contributed by atoms with van der Waals surface area (Å²) in [5.74, 6) is 0.829. The number of thiophene rings is 1. The third kappa shape index (κ3) is 2.83. The van der Waals surface area contributed by atoms with Crippen molar-refractivity contribution in [2.45, 2.75) is 38.4 Å². The Morgan fingerprint density at radius 3 is 3.05 bits per heavy atom. The SMILES string of the molecule is COCC1c2nnn(CC3CC3)c2CCN1Cc1cccs1. The van der Waals surface area contributed by atoms with Crippen LogP contribution in [0.5, 0.6) is 0 Å². The molecule has 3 heterocycles. The Hall–Kier alpha value is -1.24. The summed E-state index contributed by atoms with van der Waals surface area (Å²) >= 11 is 1.82. The van der Waals surface area contributed by atoms with Crippen LogP contribution in [0.25, 0.3) is 0 Å². The summed E-state index contributed by atoms with van der Waals surface area (Å²) in [6.45, 7) is 3.76. The van der Waals surface area contributed by atoms with Gasteiger partial charge in [-0.3, -0.25) is 4.90 Å². The molecule has 0 spiro atoms. The van der Waals surface area contributed by atoms with E-state index in [2.05, 4.69) is 37.4 Å². The molecule has 6 heteroatoms. The van der Waals surface area contributed by atoms with Gasteiger partial charge < -0.3 is 4.74 Å². The Labute approximate surface area is 134 Å². The lowest BCUT2D eigenvalue weighted by Crippen LogP contribution is -2.37. The Morgan fingerprint density at radius 1 is 1.41 bits per heavy atom. The topological polar surface area (TPSA) is 43.2 Å². The molecule has 0 saturated heterocycles. The molecule has 2 aliphatic rings. The van der Waals surface area contributed by atoms with E-state index < -0.39 is 0 Å². The molecule has 118 valence electrons. The average Bonchev–Trinajstić information content (AvgIpc) is 3.02. The third-order valence-electron chi connectivity index (χ3n) is 4.65. The maximum atomic E-state index is 5.47. The fourth-order valence-corrected chi connectivity index (χ4v) is 4.00. The number of hydrogen-bond donors (Lipinski definition) is 0. The lowest BCUT2D eigenvalue weighted by molar-refractivity contribution is 0.0756. The highest BCUT2D eigenvalue weighted by Gasteiger charge is 2.33. The van der Waals surface area contributed by atoms with Crippen LogP contribution < -0.4 is 0 Å². The van der Waals surface area contributed by atoms with Crippen molar-refractivity contribution in [3.05, 3.63) is 33.8 Å². The maximum Gasteiger partial charge on any atom is 0.105 e. The number of nitrogens with zero attached hydrogens (tertiary/aromatic N) is 4. The molecule has 0 radical (unpaired) electrons. The second kappa shape index (κ2) is 6.10. The quantitative estimate of drug-likeness (QED) is 0.821. The summed E-state index contributed by atoms with van der Waals surface area (Å²) in [4.78, 5) is 3.88. The number of hydrogen-bond acceptors (Lipinski definition) is 5. The highest BCUT2D eigenvalue weighted by atomic mass is 32.1. The van der Waals surface area contributed by atoms with E-state index in [4.69, 9.17) is 4.74 Å². The minimum Gasteiger partial charge on any atom is -0.383 e. The summed E-state index contributed by atoms with van der Waals surface area (Å²) in [6.07, 6.45) is 3.74. The standard InChI is InChI=1S/C16H22N4OS/c1-21-11-15-16-14(20(18-17-16)9-12-4-5-12)6-7-19(15)10-13-3-2-8-22-13/h2-3,8,12,15H,4-7,9-11H2,1H3. The summed E-state index contributed by atoms with van der Waals surface area (Å²) in [5, 5.41) is 11.1. The van der Waals surface area contributed by atoms with E-state index in [1.165, 1.54) is 23.4 Å². The smallest absolute Gasteiger partial charge is 0.105 e. The number of fused-ring (bicyclic) bond motifs is 1. The van der Waals surface area contributed by atoms with Crippen LogP contribution in [-0.4, -0.2) is 40.2 Å². The molecule has 1 saturated carbocycles. The Morgan fingerprint density at radius 2 is 2.32 bits per heavy atom. The second-order valence-electron chi connectivity index (χ2n) is 6.32. The normalized spacial score (nSPS) is 22.0. The van der Waals surface area contributed by atoms with Crippen LogP contribution in [0.3, 0.4) is 0 Å². The Bertz CT molecular complexity index is 620. The van der Waals surface area contributed by atoms with Crippen LogP contribution in [0.2, 0.25) is 0 Å². The molecule has 0 N–H and O–H groups in total. The fraction of sp³-hybridized carbons (Fsp3) is 0.625. The number of ether oxygens (including phenoxy) is 1. The van der Waals surface area contributed by atoms with Gasteiger partial charge in [0.15, 0.2) is 0 Å². The van der Waals surface area contributed by atoms with Crippen LogP contribution in [0.1, 0.15) is 35.1 Å². The molecule has 1 atom stereocenters. The van der Waals surface area contributed by atoms with Gasteiger partial charge in [0.1, 0.15) is 5.69 Å². The molecule has 0 bridgehead atoms. The zero-order chi connectivity index (χ0) is 14.9. The molecule has 4 rings (SSSR count). The van der Waals surface area contributed by atoms with Gasteiger partial charge in [-0.05, 0) is 30.2 Å². The van der Waals surface area contributed by atoms with Crippen molar-refractivity contribution in [2.24, 2.45) is 5.92 Å². The highest BCUT2D eigenvalue weighted by Crippen LogP contribution is 2.34. The van der Waals surface area contributed by atoms with Crippen molar-refractivity contribution >= 4 is 11.3 Å². The van der Waals surface area contributed by atoms with E-state index in [1.54, 1.807) is 7.11 Å². The first kappa shape index (κ1) is 14.4. The average molecular weight is 318 g/mol. The molecule has 1 unspecified atom stereocenters. The molecule has 1 aliphatic carbocycles. The van der Waals surface area contributed by atoms with Crippen molar-refractivity contribution in [2.75, 3.05) is 20.3 Å². The number of aromatic nitrogens is 3. The van der Waals surface area contributed by atoms with E-state index in [9.17, 15) is 0 Å². The van der Waals surface area contributed by atoms with Crippen LogP contribution in [-0.2, 0) is 24.2 Å². The first-order valence-electron chi connectivity index (χ1n) is 8.02. The minimum absolute atomic E-state index is 0.226. The molecule has 2 aromatic heterocycles. The zero-order valence-corrected chi connectivity index (χ0v) is 13.8. The molecule has 1 fully saturated rings. The lowest BCUT2D eigenvalue weighted by Gasteiger charge is -2.34. The second-order valence-corrected chi connectivity index (χ2v) is 7.35. The van der Waals surface area contributed by atoms with Gasteiger partial charge in [0.05, 0.1) is 18.3 Å². The largest absolute Gasteiger partial charge is 0.383 e. The van der Waals surface area contributed by atoms with Gasteiger partial charge in [-0.15, -0.1) is 16.4 Å². The van der Waals surface area contributed by atoms with Gasteiger partial charge in [-0.2, -0.15) is 0 Å². The predicted molar refractivity (Wildman–Crippen MR) is 85.8 cm³/mol. The predicted octanol–water partition coefficient (Wildman–Crippen LogP) is 2.50. The summed E-state index contributed by atoms with van der Waals surface area (Å²) in [7, 11) is 1.77. The molecule has 22 heavy (non-hydrogen) atoms. The summed E-state index contributed by atoms with van der Waals surface area (Å²) < 4.78 is 7.63. The molecular formula is C16H22N4OS. The van der Waals surface area contributed by atoms with Gasteiger partial charge >= 0.3 is 0 Å². The van der Waals surface area contributed by atoms with Crippen LogP contribution in [0.15, 0.2) is 17.5 Å². The maximum absolute atomic E-state index is 5.47. The molecule has 5 nitrogen and oxygen atoms in total. The Kier molecular flexibility index (Phi) is 3.98. The molecule has 0 aromatic carbocycles. The minimum atomic E-state index is 0.226.